The minimum absolute atomic E-state index is 0.409. The summed E-state index contributed by atoms with van der Waals surface area (Å²) in [6.07, 6.45) is 7.03. The number of aliphatic hydroxyl groups is 1. The van der Waals surface area contributed by atoms with E-state index in [1.807, 2.05) is 0 Å². The molecular weight excluding hydrogens is 260 g/mol. The van der Waals surface area contributed by atoms with Gasteiger partial charge in [-0.1, -0.05) is 33.6 Å². The van der Waals surface area contributed by atoms with Crippen molar-refractivity contribution in [2.75, 3.05) is 26.7 Å². The van der Waals surface area contributed by atoms with E-state index in [4.69, 9.17) is 0 Å². The standard InChI is InChI=1S/C18H36N2O/c1-5-19-17-11-14(2)10-15(3)16(17)12-20(4)13-18(21)8-6-7-9-18/h14-17,19,21H,5-13H2,1-4H3. The second-order valence-corrected chi connectivity index (χ2v) is 8.01. The topological polar surface area (TPSA) is 35.5 Å². The minimum atomic E-state index is -0.409. The molecule has 0 aromatic rings. The van der Waals surface area contributed by atoms with Crippen molar-refractivity contribution in [3.8, 4) is 0 Å². The van der Waals surface area contributed by atoms with Crippen molar-refractivity contribution in [3.63, 3.8) is 0 Å². The molecule has 0 spiro atoms. The van der Waals surface area contributed by atoms with Gasteiger partial charge in [0.2, 0.25) is 0 Å². The quantitative estimate of drug-likeness (QED) is 0.791. The molecule has 3 nitrogen and oxygen atoms in total. The maximum Gasteiger partial charge on any atom is 0.0774 e. The van der Waals surface area contributed by atoms with E-state index in [0.717, 1.165) is 50.2 Å². The van der Waals surface area contributed by atoms with Gasteiger partial charge >= 0.3 is 0 Å². The van der Waals surface area contributed by atoms with Gasteiger partial charge in [0.05, 0.1) is 5.60 Å². The van der Waals surface area contributed by atoms with E-state index in [1.54, 1.807) is 0 Å². The van der Waals surface area contributed by atoms with E-state index in [2.05, 4.69) is 38.0 Å². The van der Waals surface area contributed by atoms with Crippen LogP contribution in [0.15, 0.2) is 0 Å². The minimum Gasteiger partial charge on any atom is -0.389 e. The van der Waals surface area contributed by atoms with Gasteiger partial charge in [-0.2, -0.15) is 0 Å². The Morgan fingerprint density at radius 3 is 2.48 bits per heavy atom. The summed E-state index contributed by atoms with van der Waals surface area (Å²) in [5, 5.41) is 14.3. The van der Waals surface area contributed by atoms with E-state index in [-0.39, 0.29) is 0 Å². The average Bonchev–Trinajstić information content (AvgIpc) is 2.80. The molecule has 2 fully saturated rings. The van der Waals surface area contributed by atoms with Crippen LogP contribution in [0.1, 0.15) is 59.3 Å². The summed E-state index contributed by atoms with van der Waals surface area (Å²) in [6, 6.07) is 0.648. The zero-order chi connectivity index (χ0) is 15.5. The molecule has 0 radical (unpaired) electrons. The van der Waals surface area contributed by atoms with Gasteiger partial charge in [-0.25, -0.2) is 0 Å². The van der Waals surface area contributed by atoms with Crippen LogP contribution in [0.5, 0.6) is 0 Å². The summed E-state index contributed by atoms with van der Waals surface area (Å²) in [5.74, 6) is 2.33. The molecule has 0 aliphatic heterocycles. The molecule has 0 aromatic heterocycles. The zero-order valence-electron chi connectivity index (χ0n) is 14.6. The highest BCUT2D eigenvalue weighted by Crippen LogP contribution is 2.35. The van der Waals surface area contributed by atoms with Crippen LogP contribution in [-0.4, -0.2) is 48.3 Å². The van der Waals surface area contributed by atoms with Crippen molar-refractivity contribution in [1.29, 1.82) is 0 Å². The first-order valence-corrected chi connectivity index (χ1v) is 9.08. The molecule has 4 atom stereocenters. The molecule has 2 aliphatic rings. The van der Waals surface area contributed by atoms with Gasteiger partial charge in [-0.05, 0) is 57.0 Å². The first-order chi connectivity index (χ1) is 9.93. The molecule has 3 heteroatoms. The predicted octanol–water partition coefficient (Wildman–Crippen LogP) is 2.88. The van der Waals surface area contributed by atoms with E-state index < -0.39 is 5.60 Å². The van der Waals surface area contributed by atoms with Crippen LogP contribution in [0.3, 0.4) is 0 Å². The first kappa shape index (κ1) is 17.2. The molecule has 0 amide bonds. The third kappa shape index (κ3) is 4.67. The molecule has 4 unspecified atom stereocenters. The molecule has 0 aromatic carbocycles. The van der Waals surface area contributed by atoms with Crippen molar-refractivity contribution < 1.29 is 5.11 Å². The summed E-state index contributed by atoms with van der Waals surface area (Å²) in [7, 11) is 2.20. The van der Waals surface area contributed by atoms with Crippen molar-refractivity contribution >= 4 is 0 Å². The van der Waals surface area contributed by atoms with E-state index >= 15 is 0 Å². The highest BCUT2D eigenvalue weighted by atomic mass is 16.3. The number of likely N-dealkylation sites (N-methyl/N-ethyl adjacent to an activating group) is 1. The summed E-state index contributed by atoms with van der Waals surface area (Å²) >= 11 is 0. The van der Waals surface area contributed by atoms with Gasteiger partial charge in [0.15, 0.2) is 0 Å². The number of hydrogen-bond donors (Lipinski definition) is 2. The normalized spacial score (nSPS) is 36.3. The van der Waals surface area contributed by atoms with Crippen LogP contribution in [-0.2, 0) is 0 Å². The molecule has 124 valence electrons. The molecule has 0 bridgehead atoms. The largest absolute Gasteiger partial charge is 0.389 e. The van der Waals surface area contributed by atoms with Gasteiger partial charge in [-0.3, -0.25) is 0 Å². The van der Waals surface area contributed by atoms with Crippen LogP contribution in [0.25, 0.3) is 0 Å². The van der Waals surface area contributed by atoms with E-state index in [9.17, 15) is 5.11 Å². The van der Waals surface area contributed by atoms with Crippen LogP contribution < -0.4 is 5.32 Å². The summed E-state index contributed by atoms with van der Waals surface area (Å²) < 4.78 is 0. The van der Waals surface area contributed by atoms with Gasteiger partial charge in [0, 0.05) is 19.1 Å². The lowest BCUT2D eigenvalue weighted by Crippen LogP contribution is -2.50. The Hall–Kier alpha value is -0.120. The average molecular weight is 296 g/mol. The second-order valence-electron chi connectivity index (χ2n) is 8.01. The maximum atomic E-state index is 10.6. The highest BCUT2D eigenvalue weighted by molar-refractivity contribution is 4.91. The number of nitrogens with zero attached hydrogens (tertiary/aromatic N) is 1. The maximum absolute atomic E-state index is 10.6. The fraction of sp³-hybridized carbons (Fsp3) is 1.00. The lowest BCUT2D eigenvalue weighted by molar-refractivity contribution is 0.00448. The third-order valence-electron chi connectivity index (χ3n) is 5.77. The Balaban J connectivity index is 1.91. The lowest BCUT2D eigenvalue weighted by Gasteiger charge is -2.42. The van der Waals surface area contributed by atoms with Crippen LogP contribution in [0, 0.1) is 17.8 Å². The van der Waals surface area contributed by atoms with Crippen molar-refractivity contribution in [1.82, 2.24) is 10.2 Å². The molecule has 0 saturated heterocycles. The smallest absolute Gasteiger partial charge is 0.0774 e. The Kier molecular flexibility index (Phi) is 6.10. The Morgan fingerprint density at radius 1 is 1.19 bits per heavy atom. The summed E-state index contributed by atoms with van der Waals surface area (Å²) in [6.45, 7) is 10.1. The molecule has 2 aliphatic carbocycles. The fourth-order valence-electron chi connectivity index (χ4n) is 4.83. The van der Waals surface area contributed by atoms with Gasteiger partial charge in [0.25, 0.3) is 0 Å². The summed E-state index contributed by atoms with van der Waals surface area (Å²) in [5.41, 5.74) is -0.409. The molecule has 2 saturated carbocycles. The SMILES string of the molecule is CCNC1CC(C)CC(C)C1CN(C)CC1(O)CCCC1. The number of nitrogens with one attached hydrogen (secondary N) is 1. The molecule has 2 N–H and O–H groups in total. The second kappa shape index (κ2) is 7.43. The monoisotopic (exact) mass is 296 g/mol. The van der Waals surface area contributed by atoms with Crippen molar-refractivity contribution in [2.45, 2.75) is 70.9 Å². The third-order valence-corrected chi connectivity index (χ3v) is 5.77. The number of rotatable bonds is 6. The van der Waals surface area contributed by atoms with Crippen LogP contribution in [0.4, 0.5) is 0 Å². The Labute approximate surface area is 131 Å². The molecule has 2 rings (SSSR count). The van der Waals surface area contributed by atoms with Crippen molar-refractivity contribution in [2.24, 2.45) is 17.8 Å². The van der Waals surface area contributed by atoms with Gasteiger partial charge in [0.1, 0.15) is 0 Å². The molecular formula is C18H36N2O. The predicted molar refractivity (Wildman–Crippen MR) is 89.4 cm³/mol. The molecule has 0 heterocycles. The van der Waals surface area contributed by atoms with Crippen molar-refractivity contribution in [3.05, 3.63) is 0 Å². The highest BCUT2D eigenvalue weighted by Gasteiger charge is 2.36. The molecule has 21 heavy (non-hydrogen) atoms. The number of hydrogen-bond acceptors (Lipinski definition) is 3. The van der Waals surface area contributed by atoms with E-state index in [0.29, 0.717) is 6.04 Å². The lowest BCUT2D eigenvalue weighted by atomic mass is 9.72. The van der Waals surface area contributed by atoms with E-state index in [1.165, 1.54) is 25.7 Å². The Morgan fingerprint density at radius 2 is 1.86 bits per heavy atom. The summed E-state index contributed by atoms with van der Waals surface area (Å²) in [4.78, 5) is 2.40. The van der Waals surface area contributed by atoms with Crippen LogP contribution in [0.2, 0.25) is 0 Å². The Bertz CT molecular complexity index is 314. The van der Waals surface area contributed by atoms with Gasteiger partial charge < -0.3 is 15.3 Å². The van der Waals surface area contributed by atoms with Gasteiger partial charge in [-0.15, -0.1) is 0 Å². The first-order valence-electron chi connectivity index (χ1n) is 9.08. The van der Waals surface area contributed by atoms with Crippen LogP contribution >= 0.6 is 0 Å². The fourth-order valence-corrected chi connectivity index (χ4v) is 4.83. The zero-order valence-corrected chi connectivity index (χ0v) is 14.6.